The number of benzene rings is 1. The van der Waals surface area contributed by atoms with E-state index in [4.69, 9.17) is 0 Å². The van der Waals surface area contributed by atoms with Crippen LogP contribution in [0.15, 0.2) is 41.2 Å². The van der Waals surface area contributed by atoms with Crippen molar-refractivity contribution in [2.24, 2.45) is 10.9 Å². The highest BCUT2D eigenvalue weighted by atomic mass is 19.3. The number of aromatic nitrogens is 2. The first-order valence-corrected chi connectivity index (χ1v) is 11.5. The Labute approximate surface area is 201 Å². The van der Waals surface area contributed by atoms with Crippen LogP contribution in [0.25, 0.3) is 11.3 Å². The van der Waals surface area contributed by atoms with Crippen LogP contribution in [0.1, 0.15) is 30.9 Å². The normalized spacial score (nSPS) is 23.7. The van der Waals surface area contributed by atoms with E-state index >= 15 is 0 Å². The summed E-state index contributed by atoms with van der Waals surface area (Å²) >= 11 is 0. The number of rotatable bonds is 5. The van der Waals surface area contributed by atoms with E-state index in [-0.39, 0.29) is 24.2 Å². The topological polar surface area (TPSA) is 106 Å². The second-order valence-electron chi connectivity index (χ2n) is 9.57. The standard InChI is InChI=1S/C25H25F2N7O/c1-25(10-21(26)27)13-30-22-15(11-28)7-14(8-17(22)25)18-3-5-29-24(32-18)33-20-9-16-12-34(2)6-4-19(16)31-23(20)35/h3,5,7-9,16,21,30H,4,6,10,12-13H2,1-2H3,(H,29,32,33). The van der Waals surface area contributed by atoms with Crippen LogP contribution in [0.5, 0.6) is 0 Å². The number of carbonyl (C=O) groups is 1. The first-order chi connectivity index (χ1) is 16.8. The first kappa shape index (κ1) is 23.1. The number of alkyl halides is 2. The lowest BCUT2D eigenvalue weighted by Gasteiger charge is -2.31. The Balaban J connectivity index is 1.46. The van der Waals surface area contributed by atoms with Gasteiger partial charge in [-0.3, -0.25) is 4.79 Å². The largest absolute Gasteiger partial charge is 0.383 e. The van der Waals surface area contributed by atoms with Gasteiger partial charge in [0.15, 0.2) is 0 Å². The smallest absolute Gasteiger partial charge is 0.293 e. The fraction of sp³-hybridized carbons (Fsp3) is 0.400. The van der Waals surface area contributed by atoms with E-state index in [9.17, 15) is 18.8 Å². The highest BCUT2D eigenvalue weighted by Gasteiger charge is 2.38. The summed E-state index contributed by atoms with van der Waals surface area (Å²) in [5.74, 6) is -0.0719. The number of nitriles is 1. The van der Waals surface area contributed by atoms with Crippen LogP contribution in [-0.2, 0) is 10.2 Å². The monoisotopic (exact) mass is 477 g/mol. The summed E-state index contributed by atoms with van der Waals surface area (Å²) in [7, 11) is 2.04. The molecule has 180 valence electrons. The molecule has 1 saturated heterocycles. The number of nitrogens with one attached hydrogen (secondary N) is 2. The second-order valence-corrected chi connectivity index (χ2v) is 9.57. The van der Waals surface area contributed by atoms with Gasteiger partial charge in [-0.1, -0.05) is 6.92 Å². The van der Waals surface area contributed by atoms with E-state index in [0.717, 1.165) is 25.2 Å². The van der Waals surface area contributed by atoms with E-state index in [1.54, 1.807) is 25.3 Å². The zero-order valence-electron chi connectivity index (χ0n) is 19.5. The van der Waals surface area contributed by atoms with Gasteiger partial charge >= 0.3 is 0 Å². The van der Waals surface area contributed by atoms with E-state index < -0.39 is 11.8 Å². The lowest BCUT2D eigenvalue weighted by molar-refractivity contribution is -0.114. The lowest BCUT2D eigenvalue weighted by Crippen LogP contribution is -2.40. The molecule has 1 amide bonds. The summed E-state index contributed by atoms with van der Waals surface area (Å²) in [6.07, 6.45) is 1.41. The van der Waals surface area contributed by atoms with Gasteiger partial charge in [0.05, 0.1) is 16.9 Å². The molecule has 0 saturated carbocycles. The van der Waals surface area contributed by atoms with E-state index in [0.29, 0.717) is 40.3 Å². The predicted octanol–water partition coefficient (Wildman–Crippen LogP) is 3.58. The van der Waals surface area contributed by atoms with Gasteiger partial charge in [-0.15, -0.1) is 0 Å². The highest BCUT2D eigenvalue weighted by Crippen LogP contribution is 2.44. The summed E-state index contributed by atoms with van der Waals surface area (Å²) < 4.78 is 26.6. The van der Waals surface area contributed by atoms with Crippen LogP contribution in [0.2, 0.25) is 0 Å². The molecule has 5 rings (SSSR count). The molecule has 0 aliphatic carbocycles. The van der Waals surface area contributed by atoms with Crippen LogP contribution >= 0.6 is 0 Å². The molecule has 3 aliphatic heterocycles. The zero-order chi connectivity index (χ0) is 24.7. The molecule has 2 N–H and O–H groups in total. The number of fused-ring (bicyclic) bond motifs is 2. The average Bonchev–Trinajstić information content (AvgIpc) is 3.15. The third kappa shape index (κ3) is 4.39. The molecule has 1 aromatic heterocycles. The Morgan fingerprint density at radius 2 is 2.23 bits per heavy atom. The SMILES string of the molecule is CN1CCC2=NC(=O)C(Nc3nccc(-c4cc(C#N)c5c(c4)C(C)(CC(F)F)CN5)n3)=CC2C1. The van der Waals surface area contributed by atoms with Gasteiger partial charge in [0.1, 0.15) is 11.8 Å². The maximum absolute atomic E-state index is 13.3. The number of amides is 1. The van der Waals surface area contributed by atoms with Gasteiger partial charge < -0.3 is 15.5 Å². The first-order valence-electron chi connectivity index (χ1n) is 11.5. The number of halogens is 2. The van der Waals surface area contributed by atoms with Crippen molar-refractivity contribution in [2.75, 3.05) is 37.3 Å². The zero-order valence-corrected chi connectivity index (χ0v) is 19.5. The molecular weight excluding hydrogens is 452 g/mol. The van der Waals surface area contributed by atoms with Crippen molar-refractivity contribution >= 4 is 23.3 Å². The van der Waals surface area contributed by atoms with Gasteiger partial charge in [0, 0.05) is 54.9 Å². The van der Waals surface area contributed by atoms with Crippen molar-refractivity contribution in [1.29, 1.82) is 5.26 Å². The summed E-state index contributed by atoms with van der Waals surface area (Å²) in [4.78, 5) is 27.8. The predicted molar refractivity (Wildman–Crippen MR) is 128 cm³/mol. The Morgan fingerprint density at radius 3 is 3.00 bits per heavy atom. The van der Waals surface area contributed by atoms with E-state index in [1.807, 2.05) is 19.2 Å². The molecule has 2 aromatic rings. The van der Waals surface area contributed by atoms with Crippen molar-refractivity contribution in [3.63, 3.8) is 0 Å². The summed E-state index contributed by atoms with van der Waals surface area (Å²) in [6, 6.07) is 7.34. The fourth-order valence-corrected chi connectivity index (χ4v) is 5.02. The van der Waals surface area contributed by atoms with Gasteiger partial charge in [-0.25, -0.2) is 23.7 Å². The minimum absolute atomic E-state index is 0.0621. The number of dihydropyridines is 1. The number of piperidine rings is 1. The molecule has 0 radical (unpaired) electrons. The molecule has 4 heterocycles. The Hall–Kier alpha value is -3.71. The maximum Gasteiger partial charge on any atom is 0.293 e. The highest BCUT2D eigenvalue weighted by molar-refractivity contribution is 6.09. The van der Waals surface area contributed by atoms with Crippen molar-refractivity contribution in [2.45, 2.75) is 31.6 Å². The molecule has 8 nitrogen and oxygen atoms in total. The minimum Gasteiger partial charge on any atom is -0.383 e. The molecule has 0 spiro atoms. The fourth-order valence-electron chi connectivity index (χ4n) is 5.02. The number of hydrogen-bond acceptors (Lipinski definition) is 7. The minimum atomic E-state index is -2.47. The quantitative estimate of drug-likeness (QED) is 0.678. The third-order valence-electron chi connectivity index (χ3n) is 6.90. The van der Waals surface area contributed by atoms with E-state index in [1.165, 1.54) is 0 Å². The molecule has 2 atom stereocenters. The summed E-state index contributed by atoms with van der Waals surface area (Å²) in [6.45, 7) is 3.77. The van der Waals surface area contributed by atoms with Crippen LogP contribution in [-0.4, -0.2) is 59.6 Å². The number of anilines is 2. The number of hydrogen-bond donors (Lipinski definition) is 2. The third-order valence-corrected chi connectivity index (χ3v) is 6.90. The van der Waals surface area contributed by atoms with Gasteiger partial charge in [-0.05, 0) is 43.3 Å². The van der Waals surface area contributed by atoms with E-state index in [2.05, 4.69) is 36.6 Å². The second kappa shape index (κ2) is 8.82. The van der Waals surface area contributed by atoms with Crippen molar-refractivity contribution in [3.8, 4) is 17.3 Å². The van der Waals surface area contributed by atoms with Gasteiger partial charge in [0.2, 0.25) is 12.4 Å². The summed E-state index contributed by atoms with van der Waals surface area (Å²) in [5.41, 5.74) is 3.19. The number of aliphatic imine (C=N–C) groups is 1. The Bertz CT molecular complexity index is 1300. The van der Waals surface area contributed by atoms with Crippen molar-refractivity contribution in [3.05, 3.63) is 47.3 Å². The average molecular weight is 478 g/mol. The molecule has 1 fully saturated rings. The molecule has 2 unspecified atom stereocenters. The van der Waals surface area contributed by atoms with Crippen LogP contribution in [0, 0.1) is 17.2 Å². The molecule has 1 aromatic carbocycles. The molecule has 0 bridgehead atoms. The van der Waals surface area contributed by atoms with Crippen LogP contribution in [0.3, 0.4) is 0 Å². The molecule has 10 heteroatoms. The van der Waals surface area contributed by atoms with Gasteiger partial charge in [0.25, 0.3) is 5.91 Å². The van der Waals surface area contributed by atoms with Gasteiger partial charge in [-0.2, -0.15) is 5.26 Å². The van der Waals surface area contributed by atoms with Crippen LogP contribution in [0.4, 0.5) is 20.4 Å². The molecular formula is C25H25F2N7O. The lowest BCUT2D eigenvalue weighted by atomic mass is 9.80. The number of nitrogens with zero attached hydrogens (tertiary/aromatic N) is 5. The molecule has 35 heavy (non-hydrogen) atoms. The van der Waals surface area contributed by atoms with Crippen LogP contribution < -0.4 is 10.6 Å². The number of likely N-dealkylation sites (tertiary alicyclic amines) is 1. The maximum atomic E-state index is 13.3. The van der Waals surface area contributed by atoms with Crippen molar-refractivity contribution in [1.82, 2.24) is 14.9 Å². The molecule has 3 aliphatic rings. The Kier molecular flexibility index (Phi) is 5.81. The summed E-state index contributed by atoms with van der Waals surface area (Å²) in [5, 5.41) is 15.8. The van der Waals surface area contributed by atoms with Crippen molar-refractivity contribution < 1.29 is 13.6 Å². The Morgan fingerprint density at radius 1 is 1.40 bits per heavy atom. The number of carbonyl (C=O) groups excluding carboxylic acids is 1.